The molecule has 5 nitrogen and oxygen atoms in total. The Kier molecular flexibility index (Phi) is 2.99. The summed E-state index contributed by atoms with van der Waals surface area (Å²) in [5, 5.41) is 3.96. The lowest BCUT2D eigenvalue weighted by Gasteiger charge is -2.23. The van der Waals surface area contributed by atoms with E-state index in [0.717, 1.165) is 13.0 Å². The van der Waals surface area contributed by atoms with Gasteiger partial charge in [0, 0.05) is 6.61 Å². The fourth-order valence-corrected chi connectivity index (χ4v) is 1.66. The Morgan fingerprint density at radius 1 is 1.44 bits per heavy atom. The van der Waals surface area contributed by atoms with Crippen molar-refractivity contribution < 1.29 is 9.26 Å². The summed E-state index contributed by atoms with van der Waals surface area (Å²) in [6.07, 6.45) is 0.951. The van der Waals surface area contributed by atoms with E-state index in [2.05, 4.69) is 30.9 Å². The van der Waals surface area contributed by atoms with Crippen molar-refractivity contribution in [2.45, 2.75) is 39.2 Å². The first-order chi connectivity index (χ1) is 7.48. The van der Waals surface area contributed by atoms with Crippen LogP contribution in [0.5, 0.6) is 0 Å². The maximum Gasteiger partial charge on any atom is 0.232 e. The highest BCUT2D eigenvalue weighted by molar-refractivity contribution is 5.01. The molecule has 1 aromatic rings. The number of ether oxygens (including phenoxy) is 1. The Balaban J connectivity index is 2.12. The lowest BCUT2D eigenvalue weighted by Crippen LogP contribution is -2.27. The van der Waals surface area contributed by atoms with Crippen LogP contribution in [-0.4, -0.2) is 23.4 Å². The first-order valence-electron chi connectivity index (χ1n) is 5.65. The van der Waals surface area contributed by atoms with Gasteiger partial charge >= 0.3 is 0 Å². The molecule has 0 spiro atoms. The molecule has 0 bridgehead atoms. The molecule has 16 heavy (non-hydrogen) atoms. The minimum atomic E-state index is -0.202. The third kappa shape index (κ3) is 2.25. The Morgan fingerprint density at radius 3 is 2.75 bits per heavy atom. The number of nitrogens with zero attached hydrogens (tertiary/aromatic N) is 2. The molecule has 1 aliphatic rings. The van der Waals surface area contributed by atoms with E-state index in [9.17, 15) is 0 Å². The predicted octanol–water partition coefficient (Wildman–Crippen LogP) is 1.62. The Morgan fingerprint density at radius 2 is 2.19 bits per heavy atom. The summed E-state index contributed by atoms with van der Waals surface area (Å²) in [7, 11) is 0. The third-order valence-electron chi connectivity index (χ3n) is 2.95. The maximum absolute atomic E-state index is 6.07. The van der Waals surface area contributed by atoms with Crippen molar-refractivity contribution in [3.05, 3.63) is 11.7 Å². The topological polar surface area (TPSA) is 74.2 Å². The zero-order chi connectivity index (χ0) is 11.8. The molecule has 5 heteroatoms. The van der Waals surface area contributed by atoms with Crippen molar-refractivity contribution in [1.82, 2.24) is 10.1 Å². The zero-order valence-corrected chi connectivity index (χ0v) is 10.1. The second-order valence-corrected chi connectivity index (χ2v) is 5.40. The first-order valence-corrected chi connectivity index (χ1v) is 5.65. The van der Waals surface area contributed by atoms with Crippen molar-refractivity contribution in [2.24, 2.45) is 11.1 Å². The molecule has 1 saturated heterocycles. The van der Waals surface area contributed by atoms with E-state index in [0.29, 0.717) is 18.3 Å². The molecular formula is C11H19N3O2. The second-order valence-electron chi connectivity index (χ2n) is 5.40. The van der Waals surface area contributed by atoms with E-state index in [1.54, 1.807) is 0 Å². The Bertz CT molecular complexity index is 350. The Labute approximate surface area is 95.3 Å². The average molecular weight is 225 g/mol. The zero-order valence-electron chi connectivity index (χ0n) is 10.1. The highest BCUT2D eigenvalue weighted by Gasteiger charge is 2.29. The van der Waals surface area contributed by atoms with Gasteiger partial charge in [-0.25, -0.2) is 0 Å². The largest absolute Gasteiger partial charge is 0.381 e. The number of nitrogens with two attached hydrogens (primary N) is 1. The van der Waals surface area contributed by atoms with Crippen LogP contribution in [0, 0.1) is 5.41 Å². The van der Waals surface area contributed by atoms with Crippen LogP contribution in [0.2, 0.25) is 0 Å². The van der Waals surface area contributed by atoms with Gasteiger partial charge in [0.25, 0.3) is 0 Å². The fraction of sp³-hybridized carbons (Fsp3) is 0.818. The van der Waals surface area contributed by atoms with E-state index in [1.165, 1.54) is 0 Å². The summed E-state index contributed by atoms with van der Waals surface area (Å²) < 4.78 is 10.5. The van der Waals surface area contributed by atoms with Crippen LogP contribution in [0.15, 0.2) is 4.52 Å². The molecule has 90 valence electrons. The van der Waals surface area contributed by atoms with E-state index >= 15 is 0 Å². The molecule has 0 radical (unpaired) electrons. The van der Waals surface area contributed by atoms with Gasteiger partial charge in [-0.05, 0) is 11.8 Å². The molecule has 2 unspecified atom stereocenters. The number of aromatic nitrogens is 2. The standard InChI is InChI=1S/C11H19N3O2/c1-11(2,3)8(12)9-13-10(16-14-9)7-4-5-15-6-7/h7-8H,4-6,12H2,1-3H3. The number of hydrogen-bond acceptors (Lipinski definition) is 5. The lowest BCUT2D eigenvalue weighted by molar-refractivity contribution is 0.189. The van der Waals surface area contributed by atoms with Crippen molar-refractivity contribution in [3.8, 4) is 0 Å². The lowest BCUT2D eigenvalue weighted by atomic mass is 9.87. The molecule has 2 heterocycles. The smallest absolute Gasteiger partial charge is 0.232 e. The highest BCUT2D eigenvalue weighted by atomic mass is 16.5. The van der Waals surface area contributed by atoms with E-state index in [4.69, 9.17) is 15.0 Å². The number of rotatable bonds is 2. The molecular weight excluding hydrogens is 206 g/mol. The average Bonchev–Trinajstić information content (AvgIpc) is 2.85. The summed E-state index contributed by atoms with van der Waals surface area (Å²) in [5.41, 5.74) is 6.01. The van der Waals surface area contributed by atoms with E-state index in [-0.39, 0.29) is 17.4 Å². The quantitative estimate of drug-likeness (QED) is 0.827. The molecule has 1 aromatic heterocycles. The normalized spacial score (nSPS) is 23.6. The van der Waals surface area contributed by atoms with Gasteiger partial charge in [0.2, 0.25) is 5.89 Å². The van der Waals surface area contributed by atoms with Crippen LogP contribution in [0.25, 0.3) is 0 Å². The van der Waals surface area contributed by atoms with Crippen LogP contribution in [0.3, 0.4) is 0 Å². The van der Waals surface area contributed by atoms with Gasteiger partial charge in [0.05, 0.1) is 18.6 Å². The van der Waals surface area contributed by atoms with Gasteiger partial charge in [0.15, 0.2) is 5.82 Å². The van der Waals surface area contributed by atoms with Gasteiger partial charge < -0.3 is 15.0 Å². The predicted molar refractivity (Wildman–Crippen MR) is 58.9 cm³/mol. The van der Waals surface area contributed by atoms with Crippen LogP contribution < -0.4 is 5.73 Å². The van der Waals surface area contributed by atoms with Crippen LogP contribution in [-0.2, 0) is 4.74 Å². The summed E-state index contributed by atoms with van der Waals surface area (Å²) in [6, 6.07) is -0.202. The summed E-state index contributed by atoms with van der Waals surface area (Å²) in [6.45, 7) is 7.63. The first kappa shape index (κ1) is 11.5. The molecule has 0 amide bonds. The Hall–Kier alpha value is -0.940. The number of hydrogen-bond donors (Lipinski definition) is 1. The molecule has 2 rings (SSSR count). The summed E-state index contributed by atoms with van der Waals surface area (Å²) in [4.78, 5) is 4.38. The van der Waals surface area contributed by atoms with Crippen molar-refractivity contribution in [3.63, 3.8) is 0 Å². The van der Waals surface area contributed by atoms with Crippen molar-refractivity contribution in [1.29, 1.82) is 0 Å². The molecule has 1 fully saturated rings. The van der Waals surface area contributed by atoms with Crippen LogP contribution in [0.4, 0.5) is 0 Å². The van der Waals surface area contributed by atoms with Gasteiger partial charge in [0.1, 0.15) is 0 Å². The second kappa shape index (κ2) is 4.14. The summed E-state index contributed by atoms with van der Waals surface area (Å²) in [5.74, 6) is 1.50. The van der Waals surface area contributed by atoms with Crippen molar-refractivity contribution in [2.75, 3.05) is 13.2 Å². The molecule has 2 atom stereocenters. The molecule has 0 aromatic carbocycles. The van der Waals surface area contributed by atoms with Crippen LogP contribution >= 0.6 is 0 Å². The van der Waals surface area contributed by atoms with Gasteiger partial charge in [-0.15, -0.1) is 0 Å². The van der Waals surface area contributed by atoms with Gasteiger partial charge in [-0.1, -0.05) is 25.9 Å². The van der Waals surface area contributed by atoms with Gasteiger partial charge in [-0.3, -0.25) is 0 Å². The molecule has 2 N–H and O–H groups in total. The fourth-order valence-electron chi connectivity index (χ4n) is 1.66. The van der Waals surface area contributed by atoms with E-state index < -0.39 is 0 Å². The summed E-state index contributed by atoms with van der Waals surface area (Å²) >= 11 is 0. The maximum atomic E-state index is 6.07. The minimum Gasteiger partial charge on any atom is -0.381 e. The van der Waals surface area contributed by atoms with Crippen LogP contribution in [0.1, 0.15) is 50.9 Å². The van der Waals surface area contributed by atoms with E-state index in [1.807, 2.05) is 0 Å². The SMILES string of the molecule is CC(C)(C)C(N)c1noc(C2CCOC2)n1. The third-order valence-corrected chi connectivity index (χ3v) is 2.95. The molecule has 0 aliphatic carbocycles. The monoisotopic (exact) mass is 225 g/mol. The molecule has 1 aliphatic heterocycles. The minimum absolute atomic E-state index is 0.0622. The van der Waals surface area contributed by atoms with Gasteiger partial charge in [-0.2, -0.15) is 4.98 Å². The molecule has 0 saturated carbocycles. The van der Waals surface area contributed by atoms with Crippen molar-refractivity contribution >= 4 is 0 Å². The highest BCUT2D eigenvalue weighted by Crippen LogP contribution is 2.30.